The SMILES string of the molecule is CCC(Br)C(=O)N1CC(C)N(C)C(C)C1. The summed E-state index contributed by atoms with van der Waals surface area (Å²) in [6.07, 6.45) is 0.855. The number of rotatable bonds is 2. The molecule has 88 valence electrons. The molecule has 0 radical (unpaired) electrons. The van der Waals surface area contributed by atoms with Crippen LogP contribution in [0, 0.1) is 0 Å². The van der Waals surface area contributed by atoms with E-state index in [4.69, 9.17) is 0 Å². The zero-order valence-corrected chi connectivity index (χ0v) is 11.6. The van der Waals surface area contributed by atoms with Crippen LogP contribution in [0.4, 0.5) is 0 Å². The van der Waals surface area contributed by atoms with Gasteiger partial charge in [-0.05, 0) is 27.3 Å². The van der Waals surface area contributed by atoms with Crippen molar-refractivity contribution in [1.29, 1.82) is 0 Å². The maximum atomic E-state index is 12.0. The van der Waals surface area contributed by atoms with E-state index in [1.807, 2.05) is 11.8 Å². The highest BCUT2D eigenvalue weighted by Gasteiger charge is 2.31. The zero-order chi connectivity index (χ0) is 11.6. The smallest absolute Gasteiger partial charge is 0.236 e. The second-order valence-corrected chi connectivity index (χ2v) is 5.59. The first-order valence-electron chi connectivity index (χ1n) is 5.62. The minimum absolute atomic E-state index is 0.0136. The van der Waals surface area contributed by atoms with Gasteiger partial charge >= 0.3 is 0 Å². The van der Waals surface area contributed by atoms with Gasteiger partial charge in [0.1, 0.15) is 0 Å². The lowest BCUT2D eigenvalue weighted by molar-refractivity contribution is -0.134. The monoisotopic (exact) mass is 276 g/mol. The summed E-state index contributed by atoms with van der Waals surface area (Å²) in [7, 11) is 2.13. The number of hydrogen-bond acceptors (Lipinski definition) is 2. The Balaban J connectivity index is 2.61. The van der Waals surface area contributed by atoms with Crippen LogP contribution in [0.15, 0.2) is 0 Å². The number of likely N-dealkylation sites (N-methyl/N-ethyl adjacent to an activating group) is 1. The first-order valence-corrected chi connectivity index (χ1v) is 6.53. The number of carbonyl (C=O) groups excluding carboxylic acids is 1. The van der Waals surface area contributed by atoms with Crippen molar-refractivity contribution in [2.24, 2.45) is 0 Å². The molecule has 3 nitrogen and oxygen atoms in total. The van der Waals surface area contributed by atoms with E-state index < -0.39 is 0 Å². The van der Waals surface area contributed by atoms with Crippen molar-refractivity contribution >= 4 is 21.8 Å². The van der Waals surface area contributed by atoms with Crippen molar-refractivity contribution in [2.75, 3.05) is 20.1 Å². The highest BCUT2D eigenvalue weighted by Crippen LogP contribution is 2.17. The third-order valence-electron chi connectivity index (χ3n) is 3.30. The Hall–Kier alpha value is -0.0900. The van der Waals surface area contributed by atoms with Gasteiger partial charge in [0.15, 0.2) is 0 Å². The van der Waals surface area contributed by atoms with Gasteiger partial charge in [-0.15, -0.1) is 0 Å². The molecule has 0 spiro atoms. The molecule has 3 unspecified atom stereocenters. The summed E-state index contributed by atoms with van der Waals surface area (Å²) in [6.45, 7) is 8.07. The Morgan fingerprint density at radius 1 is 1.40 bits per heavy atom. The molecule has 1 aliphatic heterocycles. The first kappa shape index (κ1) is 13.0. The predicted molar refractivity (Wildman–Crippen MR) is 66.3 cm³/mol. The predicted octanol–water partition coefficient (Wildman–Crippen LogP) is 1.71. The summed E-state index contributed by atoms with van der Waals surface area (Å²) in [5.41, 5.74) is 0. The second kappa shape index (κ2) is 5.30. The van der Waals surface area contributed by atoms with E-state index in [0.29, 0.717) is 12.1 Å². The van der Waals surface area contributed by atoms with E-state index in [-0.39, 0.29) is 10.7 Å². The van der Waals surface area contributed by atoms with Crippen LogP contribution in [0.3, 0.4) is 0 Å². The average Bonchev–Trinajstić information content (AvgIpc) is 2.23. The zero-order valence-electron chi connectivity index (χ0n) is 10.0. The molecule has 0 saturated carbocycles. The molecule has 0 aromatic heterocycles. The van der Waals surface area contributed by atoms with Crippen LogP contribution in [0.1, 0.15) is 27.2 Å². The number of nitrogens with zero attached hydrogens (tertiary/aromatic N) is 2. The fourth-order valence-electron chi connectivity index (χ4n) is 1.96. The van der Waals surface area contributed by atoms with Crippen molar-refractivity contribution in [3.8, 4) is 0 Å². The van der Waals surface area contributed by atoms with Crippen molar-refractivity contribution in [2.45, 2.75) is 44.1 Å². The third-order valence-corrected chi connectivity index (χ3v) is 4.34. The largest absolute Gasteiger partial charge is 0.339 e. The first-order chi connectivity index (χ1) is 6.97. The number of carbonyl (C=O) groups is 1. The van der Waals surface area contributed by atoms with Crippen LogP contribution in [-0.4, -0.2) is 52.8 Å². The maximum absolute atomic E-state index is 12.0. The number of piperazine rings is 1. The molecule has 1 heterocycles. The van der Waals surface area contributed by atoms with E-state index in [2.05, 4.69) is 41.7 Å². The Morgan fingerprint density at radius 3 is 2.27 bits per heavy atom. The molecule has 1 saturated heterocycles. The van der Waals surface area contributed by atoms with Crippen LogP contribution < -0.4 is 0 Å². The molecule has 0 N–H and O–H groups in total. The number of halogens is 1. The standard InChI is InChI=1S/C11H21BrN2O/c1-5-10(12)11(15)14-6-8(2)13(4)9(3)7-14/h8-10H,5-7H2,1-4H3. The van der Waals surface area contributed by atoms with Gasteiger partial charge in [0.2, 0.25) is 5.91 Å². The van der Waals surface area contributed by atoms with Crippen LogP contribution in [0.25, 0.3) is 0 Å². The van der Waals surface area contributed by atoms with Crippen molar-refractivity contribution in [3.63, 3.8) is 0 Å². The highest BCUT2D eigenvalue weighted by molar-refractivity contribution is 9.10. The van der Waals surface area contributed by atoms with Gasteiger partial charge < -0.3 is 4.90 Å². The van der Waals surface area contributed by atoms with Crippen LogP contribution in [-0.2, 0) is 4.79 Å². The van der Waals surface area contributed by atoms with E-state index in [1.165, 1.54) is 0 Å². The lowest BCUT2D eigenvalue weighted by Crippen LogP contribution is -2.57. The summed E-state index contributed by atoms with van der Waals surface area (Å²) in [5, 5.41) is 0. The van der Waals surface area contributed by atoms with Gasteiger partial charge in [-0.3, -0.25) is 9.69 Å². The molecule has 1 aliphatic rings. The lowest BCUT2D eigenvalue weighted by Gasteiger charge is -2.43. The maximum Gasteiger partial charge on any atom is 0.236 e. The summed E-state index contributed by atoms with van der Waals surface area (Å²) < 4.78 is 0. The molecular weight excluding hydrogens is 256 g/mol. The Morgan fingerprint density at radius 2 is 1.87 bits per heavy atom. The van der Waals surface area contributed by atoms with Gasteiger partial charge in [0.25, 0.3) is 0 Å². The van der Waals surface area contributed by atoms with Gasteiger partial charge in [-0.1, -0.05) is 22.9 Å². The molecule has 3 atom stereocenters. The van der Waals surface area contributed by atoms with Crippen LogP contribution in [0.2, 0.25) is 0 Å². The van der Waals surface area contributed by atoms with E-state index >= 15 is 0 Å². The Kier molecular flexibility index (Phi) is 4.59. The minimum Gasteiger partial charge on any atom is -0.339 e. The molecule has 1 fully saturated rings. The second-order valence-electron chi connectivity index (χ2n) is 4.48. The molecule has 4 heteroatoms. The lowest BCUT2D eigenvalue weighted by atomic mass is 10.1. The number of alkyl halides is 1. The van der Waals surface area contributed by atoms with E-state index in [1.54, 1.807) is 0 Å². The van der Waals surface area contributed by atoms with E-state index in [9.17, 15) is 4.79 Å². The van der Waals surface area contributed by atoms with Crippen molar-refractivity contribution in [1.82, 2.24) is 9.80 Å². The molecule has 0 aromatic rings. The molecule has 1 rings (SSSR count). The molecule has 0 aliphatic carbocycles. The topological polar surface area (TPSA) is 23.6 Å². The van der Waals surface area contributed by atoms with E-state index in [0.717, 1.165) is 19.5 Å². The molecule has 0 aromatic carbocycles. The molecular formula is C11H21BrN2O. The normalized spacial score (nSPS) is 30.3. The van der Waals surface area contributed by atoms with Crippen molar-refractivity contribution < 1.29 is 4.79 Å². The van der Waals surface area contributed by atoms with Gasteiger partial charge in [0.05, 0.1) is 4.83 Å². The molecule has 0 bridgehead atoms. The fourth-order valence-corrected chi connectivity index (χ4v) is 2.25. The van der Waals surface area contributed by atoms with Gasteiger partial charge in [0, 0.05) is 25.2 Å². The summed E-state index contributed by atoms with van der Waals surface area (Å²) in [6, 6.07) is 0.906. The number of hydrogen-bond donors (Lipinski definition) is 0. The van der Waals surface area contributed by atoms with Gasteiger partial charge in [-0.2, -0.15) is 0 Å². The highest BCUT2D eigenvalue weighted by atomic mass is 79.9. The van der Waals surface area contributed by atoms with Crippen LogP contribution >= 0.6 is 15.9 Å². The van der Waals surface area contributed by atoms with Gasteiger partial charge in [-0.25, -0.2) is 0 Å². The fraction of sp³-hybridized carbons (Fsp3) is 0.909. The summed E-state index contributed by atoms with van der Waals surface area (Å²) in [4.78, 5) is 16.3. The number of amides is 1. The summed E-state index contributed by atoms with van der Waals surface area (Å²) >= 11 is 3.43. The third kappa shape index (κ3) is 2.94. The van der Waals surface area contributed by atoms with Crippen LogP contribution in [0.5, 0.6) is 0 Å². The minimum atomic E-state index is -0.0136. The summed E-state index contributed by atoms with van der Waals surface area (Å²) in [5.74, 6) is 0.240. The average molecular weight is 277 g/mol. The Labute approximate surface area is 101 Å². The molecule has 15 heavy (non-hydrogen) atoms. The van der Waals surface area contributed by atoms with Crippen molar-refractivity contribution in [3.05, 3.63) is 0 Å². The quantitative estimate of drug-likeness (QED) is 0.717. The molecule has 1 amide bonds. The Bertz CT molecular complexity index is 223.